The largest absolute Gasteiger partial charge is 0.482 e. The van der Waals surface area contributed by atoms with Crippen LogP contribution in [0.15, 0.2) is 47.6 Å². The minimum absolute atomic E-state index is 0.0177. The Morgan fingerprint density at radius 1 is 1.08 bits per heavy atom. The first-order chi connectivity index (χ1) is 24.9. The average molecular weight is 753 g/mol. The second-order valence-electron chi connectivity index (χ2n) is 15.9. The monoisotopic (exact) mass is 752 g/mol. The van der Waals surface area contributed by atoms with Gasteiger partial charge in [-0.2, -0.15) is 0 Å². The summed E-state index contributed by atoms with van der Waals surface area (Å²) in [5.41, 5.74) is 2.56. The van der Waals surface area contributed by atoms with Crippen LogP contribution in [-0.4, -0.2) is 99.4 Å². The highest BCUT2D eigenvalue weighted by molar-refractivity contribution is 7.09. The van der Waals surface area contributed by atoms with Crippen molar-refractivity contribution in [3.05, 3.63) is 58.2 Å². The van der Waals surface area contributed by atoms with E-state index in [4.69, 9.17) is 14.2 Å². The number of β-amino-alcohol motifs (C(OH)–C–C–N with tert-alkyl or cyclic N) is 1. The number of carbonyl (C=O) groups excluding carboxylic acids is 4. The first-order valence-electron chi connectivity index (χ1n) is 18.0. The molecule has 4 atom stereocenters. The highest BCUT2D eigenvalue weighted by Gasteiger charge is 2.44. The predicted molar refractivity (Wildman–Crippen MR) is 198 cm³/mol. The van der Waals surface area contributed by atoms with Crippen LogP contribution < -0.4 is 25.4 Å². The number of allylic oxidation sites excluding steroid dienone is 2. The van der Waals surface area contributed by atoms with E-state index in [9.17, 15) is 24.3 Å². The molecule has 1 saturated carbocycles. The molecule has 288 valence electrons. The fourth-order valence-corrected chi connectivity index (χ4v) is 7.28. The van der Waals surface area contributed by atoms with E-state index in [1.54, 1.807) is 23.5 Å². The normalized spacial score (nSPS) is 23.3. The molecule has 3 aliphatic rings. The van der Waals surface area contributed by atoms with Crippen molar-refractivity contribution in [2.45, 2.75) is 116 Å². The molecule has 14 nitrogen and oxygen atoms in total. The van der Waals surface area contributed by atoms with Gasteiger partial charge in [-0.15, -0.1) is 11.3 Å². The van der Waals surface area contributed by atoms with Crippen LogP contribution in [0.3, 0.4) is 0 Å². The Balaban J connectivity index is 1.08. The molecule has 2 fully saturated rings. The number of thiazole rings is 1. The Morgan fingerprint density at radius 3 is 2.43 bits per heavy atom. The molecule has 3 heterocycles. The lowest BCUT2D eigenvalue weighted by Crippen LogP contribution is -2.58. The molecule has 53 heavy (non-hydrogen) atoms. The maximum atomic E-state index is 13.9. The number of amides is 4. The summed E-state index contributed by atoms with van der Waals surface area (Å²) >= 11 is 1.64. The fraction of sp³-hybridized carbons (Fsp3) is 0.579. The van der Waals surface area contributed by atoms with E-state index < -0.39 is 47.1 Å². The molecule has 4 amide bonds. The topological polar surface area (TPSA) is 181 Å². The van der Waals surface area contributed by atoms with Crippen molar-refractivity contribution in [2.24, 2.45) is 5.41 Å². The molecule has 2 aliphatic carbocycles. The van der Waals surface area contributed by atoms with Crippen LogP contribution in [0.1, 0.15) is 83.7 Å². The van der Waals surface area contributed by atoms with E-state index in [1.165, 1.54) is 16.0 Å². The van der Waals surface area contributed by atoms with Crippen molar-refractivity contribution in [3.8, 4) is 11.6 Å². The number of rotatable bonds is 12. The number of ether oxygens (including phenoxy) is 3. The van der Waals surface area contributed by atoms with Crippen LogP contribution in [0.5, 0.6) is 11.6 Å². The molecule has 1 unspecified atom stereocenters. The smallest absolute Gasteiger partial charge is 0.407 e. The van der Waals surface area contributed by atoms with Gasteiger partial charge in [-0.25, -0.2) is 14.8 Å². The van der Waals surface area contributed by atoms with Gasteiger partial charge in [-0.05, 0) is 51.2 Å². The van der Waals surface area contributed by atoms with Gasteiger partial charge < -0.3 is 40.2 Å². The number of nitrogens with zero attached hydrogens (tertiary/aromatic N) is 3. The van der Waals surface area contributed by atoms with Gasteiger partial charge in [0, 0.05) is 55.3 Å². The number of aliphatic hydroxyl groups is 1. The lowest BCUT2D eigenvalue weighted by Gasteiger charge is -2.35. The van der Waals surface area contributed by atoms with E-state index in [1.807, 2.05) is 60.1 Å². The SMILES string of the molecule is Cc1ncsc1C1C=CC(CNC(=O)[C@@H]2C[C@@H](O)CN2C(=O)[C@@H](NC(=O)COc2ccc(O[C@H]3C[C@@H](NC(=O)OC(C)(C)C)C3)nc2)C(C)(C)C)=CC1. The highest BCUT2D eigenvalue weighted by Crippen LogP contribution is 2.32. The maximum Gasteiger partial charge on any atom is 0.407 e. The Bertz CT molecular complexity index is 1690. The van der Waals surface area contributed by atoms with Crippen LogP contribution >= 0.6 is 11.3 Å². The summed E-state index contributed by atoms with van der Waals surface area (Å²) in [6.45, 7) is 12.8. The Morgan fingerprint density at radius 2 is 1.83 bits per heavy atom. The van der Waals surface area contributed by atoms with Gasteiger partial charge in [-0.1, -0.05) is 39.0 Å². The minimum atomic E-state index is -0.986. The molecule has 0 bridgehead atoms. The molecule has 1 aliphatic heterocycles. The molecule has 0 radical (unpaired) electrons. The van der Waals surface area contributed by atoms with Gasteiger partial charge in [0.1, 0.15) is 29.5 Å². The Kier molecular flexibility index (Phi) is 12.5. The zero-order valence-corrected chi connectivity index (χ0v) is 32.3. The first kappa shape index (κ1) is 39.7. The number of carbonyl (C=O) groups is 4. The third kappa shape index (κ3) is 11.0. The number of alkyl carbamates (subject to hydrolysis) is 1. The third-order valence-electron chi connectivity index (χ3n) is 9.23. The second kappa shape index (κ2) is 16.7. The van der Waals surface area contributed by atoms with Crippen molar-refractivity contribution >= 4 is 35.2 Å². The first-order valence-corrected chi connectivity index (χ1v) is 18.9. The number of hydrogen-bond acceptors (Lipinski definition) is 11. The minimum Gasteiger partial charge on any atom is -0.482 e. The lowest BCUT2D eigenvalue weighted by molar-refractivity contribution is -0.144. The van der Waals surface area contributed by atoms with Crippen LogP contribution in [0.2, 0.25) is 0 Å². The number of aliphatic hydroxyl groups excluding tert-OH is 1. The van der Waals surface area contributed by atoms with Crippen LogP contribution in [0, 0.1) is 12.3 Å². The molecule has 0 spiro atoms. The third-order valence-corrected chi connectivity index (χ3v) is 10.3. The summed E-state index contributed by atoms with van der Waals surface area (Å²) in [7, 11) is 0. The number of likely N-dealkylation sites (tertiary alicyclic amines) is 1. The molecule has 0 aromatic carbocycles. The van der Waals surface area contributed by atoms with Crippen molar-refractivity contribution in [1.82, 2.24) is 30.8 Å². The number of aromatic nitrogens is 2. The molecule has 4 N–H and O–H groups in total. The summed E-state index contributed by atoms with van der Waals surface area (Å²) in [6, 6.07) is 1.37. The van der Waals surface area contributed by atoms with Gasteiger partial charge in [-0.3, -0.25) is 14.4 Å². The van der Waals surface area contributed by atoms with E-state index in [0.29, 0.717) is 31.0 Å². The molecule has 2 aromatic heterocycles. The zero-order valence-electron chi connectivity index (χ0n) is 31.5. The average Bonchev–Trinajstić information content (AvgIpc) is 3.68. The van der Waals surface area contributed by atoms with Crippen molar-refractivity contribution in [1.29, 1.82) is 0 Å². The molecule has 1 saturated heterocycles. The van der Waals surface area contributed by atoms with Crippen molar-refractivity contribution < 1.29 is 38.5 Å². The summed E-state index contributed by atoms with van der Waals surface area (Å²) in [5, 5.41) is 19.1. The highest BCUT2D eigenvalue weighted by atomic mass is 32.1. The zero-order chi connectivity index (χ0) is 38.5. The van der Waals surface area contributed by atoms with Crippen molar-refractivity contribution in [2.75, 3.05) is 19.7 Å². The fourth-order valence-electron chi connectivity index (χ4n) is 6.38. The number of hydrogen-bond donors (Lipinski definition) is 4. The van der Waals surface area contributed by atoms with E-state index in [0.717, 1.165) is 17.7 Å². The molecular formula is C38H52N6O8S. The quantitative estimate of drug-likeness (QED) is 0.248. The Labute approximate surface area is 314 Å². The van der Waals surface area contributed by atoms with E-state index in [-0.39, 0.29) is 43.5 Å². The molecule has 5 rings (SSSR count). The molecular weight excluding hydrogens is 701 g/mol. The summed E-state index contributed by atoms with van der Waals surface area (Å²) in [6.07, 6.45) is 8.40. The second-order valence-corrected chi connectivity index (χ2v) is 16.8. The molecule has 2 aromatic rings. The number of aryl methyl sites for hydroxylation is 1. The molecule has 15 heteroatoms. The lowest BCUT2D eigenvalue weighted by atomic mass is 9.85. The van der Waals surface area contributed by atoms with Gasteiger partial charge in [0.15, 0.2) is 6.61 Å². The summed E-state index contributed by atoms with van der Waals surface area (Å²) in [5.74, 6) is -0.363. The number of pyridine rings is 1. The Hall–Kier alpha value is -4.50. The van der Waals surface area contributed by atoms with Gasteiger partial charge >= 0.3 is 6.09 Å². The van der Waals surface area contributed by atoms with E-state index >= 15 is 0 Å². The van der Waals surface area contributed by atoms with Gasteiger partial charge in [0.2, 0.25) is 17.7 Å². The maximum absolute atomic E-state index is 13.9. The van der Waals surface area contributed by atoms with Crippen molar-refractivity contribution in [3.63, 3.8) is 0 Å². The van der Waals surface area contributed by atoms with Crippen LogP contribution in [0.25, 0.3) is 0 Å². The standard InChI is InChI=1S/C38H52N6O8S/c1-22-32(53-21-41-22)24-10-8-23(9-11-24)17-40-34(47)29-16-26(45)19-44(29)35(48)33(37(2,3)4)43-30(46)20-50-27-12-13-31(39-18-27)51-28-14-25(15-28)42-36(49)52-38(5,6)7/h8-10,12-13,18,21,24-26,28-29,33,45H,11,14-17,19-20H2,1-7H3,(H,40,47)(H,42,49)(H,43,46)/t24?,25-,26-,28+,29+,33-/m1/s1. The van der Waals surface area contributed by atoms with Gasteiger partial charge in [0.05, 0.1) is 23.5 Å². The van der Waals surface area contributed by atoms with Crippen LogP contribution in [-0.2, 0) is 19.1 Å². The summed E-state index contributed by atoms with van der Waals surface area (Å²) < 4.78 is 16.8. The van der Waals surface area contributed by atoms with Gasteiger partial charge in [0.25, 0.3) is 5.91 Å². The number of nitrogens with one attached hydrogen (secondary N) is 3. The summed E-state index contributed by atoms with van der Waals surface area (Å²) in [4.78, 5) is 63.5. The predicted octanol–water partition coefficient (Wildman–Crippen LogP) is 3.94. The van der Waals surface area contributed by atoms with Crippen LogP contribution in [0.4, 0.5) is 4.79 Å². The van der Waals surface area contributed by atoms with E-state index in [2.05, 4.69) is 38.1 Å².